The molecule has 17 heavy (non-hydrogen) atoms. The number of oxime groups is 1. The highest BCUT2D eigenvalue weighted by atomic mass is 16.6. The Labute approximate surface area is 99.7 Å². The van der Waals surface area contributed by atoms with Crippen LogP contribution in [0.25, 0.3) is 0 Å². The van der Waals surface area contributed by atoms with Gasteiger partial charge >= 0.3 is 12.0 Å². The van der Waals surface area contributed by atoms with Gasteiger partial charge in [-0.3, -0.25) is 4.79 Å². The van der Waals surface area contributed by atoms with Crippen LogP contribution in [0.2, 0.25) is 0 Å². The molecule has 96 valence electrons. The molecule has 1 aliphatic heterocycles. The summed E-state index contributed by atoms with van der Waals surface area (Å²) in [5, 5.41) is 6.46. The number of likely N-dealkylation sites (tertiary alicyclic amines) is 1. The number of hydrogen-bond acceptors (Lipinski definition) is 5. The first kappa shape index (κ1) is 13.3. The van der Waals surface area contributed by atoms with Gasteiger partial charge in [0.15, 0.2) is 0 Å². The molecule has 0 aromatic rings. The van der Waals surface area contributed by atoms with E-state index >= 15 is 0 Å². The van der Waals surface area contributed by atoms with Gasteiger partial charge in [-0.15, -0.1) is 0 Å². The Hall–Kier alpha value is -1.79. The third-order valence-corrected chi connectivity index (χ3v) is 2.23. The summed E-state index contributed by atoms with van der Waals surface area (Å²) in [4.78, 5) is 28.4. The van der Waals surface area contributed by atoms with E-state index in [0.717, 1.165) is 12.1 Å². The van der Waals surface area contributed by atoms with E-state index in [1.807, 2.05) is 0 Å². The molecule has 1 N–H and O–H groups in total. The van der Waals surface area contributed by atoms with Crippen molar-refractivity contribution < 1.29 is 19.2 Å². The van der Waals surface area contributed by atoms with Crippen LogP contribution < -0.4 is 5.32 Å². The zero-order chi connectivity index (χ0) is 12.7. The van der Waals surface area contributed by atoms with Crippen LogP contribution in [0.15, 0.2) is 5.16 Å². The quantitative estimate of drug-likeness (QED) is 0.427. The van der Waals surface area contributed by atoms with E-state index in [-0.39, 0.29) is 18.6 Å². The van der Waals surface area contributed by atoms with Crippen LogP contribution >= 0.6 is 0 Å². The number of ether oxygens (including phenoxy) is 1. The SMILES string of the molecule is CON=C1CCN(C(=O)NCCOC(C)=O)C1. The molecule has 0 aromatic heterocycles. The van der Waals surface area contributed by atoms with Crippen LogP contribution in [-0.2, 0) is 14.4 Å². The first-order valence-corrected chi connectivity index (χ1v) is 5.38. The normalized spacial score (nSPS) is 17.1. The average Bonchev–Trinajstić information content (AvgIpc) is 2.73. The van der Waals surface area contributed by atoms with Gasteiger partial charge in [-0.2, -0.15) is 0 Å². The summed E-state index contributed by atoms with van der Waals surface area (Å²) in [6.45, 7) is 2.93. The molecule has 1 fully saturated rings. The maximum atomic E-state index is 11.6. The second-order valence-corrected chi connectivity index (χ2v) is 3.58. The first-order chi connectivity index (χ1) is 8.13. The van der Waals surface area contributed by atoms with Gasteiger partial charge in [0.05, 0.1) is 18.8 Å². The minimum absolute atomic E-state index is 0.182. The lowest BCUT2D eigenvalue weighted by molar-refractivity contribution is -0.140. The number of rotatable bonds is 4. The lowest BCUT2D eigenvalue weighted by Crippen LogP contribution is -2.40. The smallest absolute Gasteiger partial charge is 0.317 e. The average molecular weight is 243 g/mol. The largest absolute Gasteiger partial charge is 0.464 e. The Morgan fingerprint density at radius 3 is 2.94 bits per heavy atom. The minimum Gasteiger partial charge on any atom is -0.464 e. The van der Waals surface area contributed by atoms with Crippen molar-refractivity contribution in [2.75, 3.05) is 33.4 Å². The van der Waals surface area contributed by atoms with Crippen molar-refractivity contribution >= 4 is 17.7 Å². The van der Waals surface area contributed by atoms with E-state index < -0.39 is 0 Å². The number of amides is 2. The highest BCUT2D eigenvalue weighted by Gasteiger charge is 2.22. The van der Waals surface area contributed by atoms with Gasteiger partial charge in [-0.25, -0.2) is 4.79 Å². The molecule has 7 heteroatoms. The molecule has 0 radical (unpaired) electrons. The predicted molar refractivity (Wildman–Crippen MR) is 60.7 cm³/mol. The topological polar surface area (TPSA) is 80.2 Å². The second kappa shape index (κ2) is 6.72. The molecule has 1 aliphatic rings. The number of urea groups is 1. The number of hydrogen-bond donors (Lipinski definition) is 1. The van der Waals surface area contributed by atoms with Crippen LogP contribution in [0, 0.1) is 0 Å². The molecular formula is C10H17N3O4. The van der Waals surface area contributed by atoms with Gasteiger partial charge in [-0.1, -0.05) is 5.16 Å². The number of nitrogens with one attached hydrogen (secondary N) is 1. The Morgan fingerprint density at radius 1 is 1.53 bits per heavy atom. The fraction of sp³-hybridized carbons (Fsp3) is 0.700. The minimum atomic E-state index is -0.352. The van der Waals surface area contributed by atoms with Gasteiger partial charge < -0.3 is 19.8 Å². The van der Waals surface area contributed by atoms with Gasteiger partial charge in [0.25, 0.3) is 0 Å². The van der Waals surface area contributed by atoms with E-state index in [1.165, 1.54) is 14.0 Å². The molecule has 0 aromatic carbocycles. The van der Waals surface area contributed by atoms with Crippen molar-refractivity contribution in [2.24, 2.45) is 5.16 Å². The van der Waals surface area contributed by atoms with E-state index in [1.54, 1.807) is 4.90 Å². The summed E-state index contributed by atoms with van der Waals surface area (Å²) in [7, 11) is 1.48. The highest BCUT2D eigenvalue weighted by Crippen LogP contribution is 2.06. The van der Waals surface area contributed by atoms with E-state index in [4.69, 9.17) is 4.74 Å². The molecular weight excluding hydrogens is 226 g/mol. The molecule has 0 atom stereocenters. The molecule has 0 aliphatic carbocycles. The fourth-order valence-corrected chi connectivity index (χ4v) is 1.48. The Kier molecular flexibility index (Phi) is 5.25. The maximum Gasteiger partial charge on any atom is 0.317 e. The fourth-order valence-electron chi connectivity index (χ4n) is 1.48. The van der Waals surface area contributed by atoms with E-state index in [9.17, 15) is 9.59 Å². The molecule has 1 rings (SSSR count). The Bertz CT molecular complexity index is 317. The molecule has 7 nitrogen and oxygen atoms in total. The van der Waals surface area contributed by atoms with Crippen molar-refractivity contribution in [1.29, 1.82) is 0 Å². The predicted octanol–water partition coefficient (Wildman–Crippen LogP) is -0.0328. The van der Waals surface area contributed by atoms with Crippen molar-refractivity contribution in [3.05, 3.63) is 0 Å². The Morgan fingerprint density at radius 2 is 2.29 bits per heavy atom. The van der Waals surface area contributed by atoms with Crippen LogP contribution in [-0.4, -0.2) is 56.0 Å². The van der Waals surface area contributed by atoms with Gasteiger partial charge in [0.1, 0.15) is 13.7 Å². The van der Waals surface area contributed by atoms with Crippen molar-refractivity contribution in [3.8, 4) is 0 Å². The summed E-state index contributed by atoms with van der Waals surface area (Å²) in [5.41, 5.74) is 0.850. The van der Waals surface area contributed by atoms with Crippen molar-refractivity contribution in [3.63, 3.8) is 0 Å². The molecule has 1 heterocycles. The van der Waals surface area contributed by atoms with Gasteiger partial charge in [0, 0.05) is 19.9 Å². The van der Waals surface area contributed by atoms with Crippen molar-refractivity contribution in [1.82, 2.24) is 10.2 Å². The van der Waals surface area contributed by atoms with Crippen LogP contribution in [0.5, 0.6) is 0 Å². The third kappa shape index (κ3) is 4.71. The first-order valence-electron chi connectivity index (χ1n) is 5.38. The van der Waals surface area contributed by atoms with E-state index in [2.05, 4.69) is 15.3 Å². The molecule has 0 unspecified atom stereocenters. The zero-order valence-electron chi connectivity index (χ0n) is 10.1. The summed E-state index contributed by atoms with van der Waals surface area (Å²) in [5.74, 6) is -0.352. The molecule has 0 saturated carbocycles. The molecule has 2 amide bonds. The van der Waals surface area contributed by atoms with Crippen LogP contribution in [0.3, 0.4) is 0 Å². The number of nitrogens with zero attached hydrogens (tertiary/aromatic N) is 2. The van der Waals surface area contributed by atoms with Crippen molar-refractivity contribution in [2.45, 2.75) is 13.3 Å². The number of carbonyl (C=O) groups is 2. The Balaban J connectivity index is 2.21. The lowest BCUT2D eigenvalue weighted by Gasteiger charge is -2.15. The second-order valence-electron chi connectivity index (χ2n) is 3.58. The molecule has 0 spiro atoms. The number of esters is 1. The standard InChI is InChI=1S/C10H17N3O4/c1-8(14)17-6-4-11-10(15)13-5-3-9(7-13)12-16-2/h3-7H2,1-2H3,(H,11,15). The third-order valence-electron chi connectivity index (χ3n) is 2.23. The molecule has 0 bridgehead atoms. The summed E-state index contributed by atoms with van der Waals surface area (Å²) >= 11 is 0. The summed E-state index contributed by atoms with van der Waals surface area (Å²) in [6.07, 6.45) is 0.727. The zero-order valence-corrected chi connectivity index (χ0v) is 10.1. The summed E-state index contributed by atoms with van der Waals surface area (Å²) < 4.78 is 4.70. The van der Waals surface area contributed by atoms with Crippen LogP contribution in [0.1, 0.15) is 13.3 Å². The number of carbonyl (C=O) groups excluding carboxylic acids is 2. The molecule has 1 saturated heterocycles. The lowest BCUT2D eigenvalue weighted by atomic mass is 10.3. The van der Waals surface area contributed by atoms with E-state index in [0.29, 0.717) is 19.6 Å². The van der Waals surface area contributed by atoms with Gasteiger partial charge in [-0.05, 0) is 0 Å². The summed E-state index contributed by atoms with van der Waals surface area (Å²) in [6, 6.07) is -0.182. The monoisotopic (exact) mass is 243 g/mol. The highest BCUT2D eigenvalue weighted by molar-refractivity contribution is 5.92. The van der Waals surface area contributed by atoms with Crippen LogP contribution in [0.4, 0.5) is 4.79 Å². The maximum absolute atomic E-state index is 11.6. The van der Waals surface area contributed by atoms with Gasteiger partial charge in [0.2, 0.25) is 0 Å².